The smallest absolute Gasteiger partial charge is 0.0907 e. The van der Waals surface area contributed by atoms with E-state index in [9.17, 15) is 0 Å². The van der Waals surface area contributed by atoms with Gasteiger partial charge in [-0.25, -0.2) is 4.99 Å². The van der Waals surface area contributed by atoms with Gasteiger partial charge in [-0.15, -0.1) is 0 Å². The van der Waals surface area contributed by atoms with E-state index in [0.717, 1.165) is 13.1 Å². The molecule has 2 heteroatoms. The van der Waals surface area contributed by atoms with Gasteiger partial charge in [-0.1, -0.05) is 0 Å². The molecule has 0 fully saturated rings. The van der Waals surface area contributed by atoms with Crippen LogP contribution in [0.15, 0.2) is 17.3 Å². The Balaban J connectivity index is 2.40. The van der Waals surface area contributed by atoms with Crippen LogP contribution in [-0.2, 0) is 0 Å². The van der Waals surface area contributed by atoms with E-state index in [4.69, 9.17) is 0 Å². The maximum absolute atomic E-state index is 3.91. The molecule has 1 heterocycles. The van der Waals surface area contributed by atoms with Crippen molar-refractivity contribution in [2.75, 3.05) is 13.1 Å². The number of hydrogen-bond acceptors (Lipinski definition) is 2. The highest BCUT2D eigenvalue weighted by Crippen LogP contribution is 1.89. The minimum Gasteiger partial charge on any atom is -0.359 e. The molecule has 43 valence electrons. The van der Waals surface area contributed by atoms with Crippen molar-refractivity contribution in [3.8, 4) is 0 Å². The molecule has 0 aromatic rings. The van der Waals surface area contributed by atoms with E-state index in [0.29, 0.717) is 0 Å². The predicted octanol–water partition coefficient (Wildman–Crippen LogP) is 0.678. The Labute approximate surface area is 49.5 Å². The second-order valence-corrected chi connectivity index (χ2v) is 1.64. The van der Waals surface area contributed by atoms with Gasteiger partial charge in [0.2, 0.25) is 0 Å². The summed E-state index contributed by atoms with van der Waals surface area (Å²) < 4.78 is 0. The molecule has 0 aliphatic carbocycles. The van der Waals surface area contributed by atoms with Crippen LogP contribution in [0, 0.1) is 6.92 Å². The Morgan fingerprint density at radius 1 is 1.75 bits per heavy atom. The summed E-state index contributed by atoms with van der Waals surface area (Å²) in [5.74, 6) is 0. The van der Waals surface area contributed by atoms with Gasteiger partial charge < -0.3 is 4.90 Å². The molecule has 1 aliphatic heterocycles. The van der Waals surface area contributed by atoms with Crippen LogP contribution in [-0.4, -0.2) is 24.3 Å². The molecule has 0 amide bonds. The monoisotopic (exact) mass is 109 g/mol. The van der Waals surface area contributed by atoms with E-state index < -0.39 is 0 Å². The van der Waals surface area contributed by atoms with Gasteiger partial charge in [-0.2, -0.15) is 0 Å². The second-order valence-electron chi connectivity index (χ2n) is 1.64. The van der Waals surface area contributed by atoms with E-state index in [1.54, 1.807) is 12.5 Å². The highest BCUT2D eigenvalue weighted by molar-refractivity contribution is 5.57. The summed E-state index contributed by atoms with van der Waals surface area (Å²) in [6, 6.07) is 0. The van der Waals surface area contributed by atoms with E-state index in [-0.39, 0.29) is 0 Å². The van der Waals surface area contributed by atoms with Crippen LogP contribution in [0.4, 0.5) is 0 Å². The summed E-state index contributed by atoms with van der Waals surface area (Å²) in [6.07, 6.45) is 5.60. The molecule has 1 radical (unpaired) electrons. The Morgan fingerprint density at radius 3 is 3.00 bits per heavy atom. The van der Waals surface area contributed by atoms with Crippen LogP contribution in [0.25, 0.3) is 0 Å². The molecule has 0 unspecified atom stereocenters. The Bertz CT molecular complexity index is 116. The fourth-order valence-electron chi connectivity index (χ4n) is 0.572. The number of aliphatic imine (C=N–C) groups is 1. The van der Waals surface area contributed by atoms with E-state index in [2.05, 4.69) is 11.9 Å². The van der Waals surface area contributed by atoms with Crippen molar-refractivity contribution in [2.24, 2.45) is 4.99 Å². The maximum atomic E-state index is 3.91. The molecular formula is C6H9N2. The highest BCUT2D eigenvalue weighted by Gasteiger charge is 1.93. The van der Waals surface area contributed by atoms with Crippen LogP contribution in [0.2, 0.25) is 0 Å². The number of rotatable bonds is 1. The van der Waals surface area contributed by atoms with Crippen LogP contribution in [0.3, 0.4) is 0 Å². The zero-order chi connectivity index (χ0) is 5.82. The fourth-order valence-corrected chi connectivity index (χ4v) is 0.572. The van der Waals surface area contributed by atoms with Crippen molar-refractivity contribution in [1.82, 2.24) is 4.90 Å². The average molecular weight is 109 g/mol. The van der Waals surface area contributed by atoms with Gasteiger partial charge in [-0.3, -0.25) is 0 Å². The largest absolute Gasteiger partial charge is 0.359 e. The third kappa shape index (κ3) is 1.09. The van der Waals surface area contributed by atoms with Gasteiger partial charge >= 0.3 is 0 Å². The summed E-state index contributed by atoms with van der Waals surface area (Å²) in [7, 11) is 0. The van der Waals surface area contributed by atoms with Crippen LogP contribution >= 0.6 is 0 Å². The third-order valence-corrected chi connectivity index (χ3v) is 1.05. The lowest BCUT2D eigenvalue weighted by molar-refractivity contribution is 0.521. The Kier molecular flexibility index (Phi) is 1.67. The van der Waals surface area contributed by atoms with Gasteiger partial charge in [0.25, 0.3) is 0 Å². The first-order chi connectivity index (χ1) is 3.93. The van der Waals surface area contributed by atoms with Gasteiger partial charge in [0, 0.05) is 19.3 Å². The van der Waals surface area contributed by atoms with Crippen LogP contribution in [0.5, 0.6) is 0 Å². The van der Waals surface area contributed by atoms with Crippen molar-refractivity contribution in [3.05, 3.63) is 19.2 Å². The molecule has 0 bridgehead atoms. The third-order valence-electron chi connectivity index (χ3n) is 1.05. The first-order valence-electron chi connectivity index (χ1n) is 2.65. The molecule has 1 rings (SSSR count). The first-order valence-corrected chi connectivity index (χ1v) is 2.65. The normalized spacial score (nSPS) is 17.4. The number of hydrogen-bond donors (Lipinski definition) is 0. The lowest BCUT2D eigenvalue weighted by Crippen LogP contribution is -2.22. The standard InChI is InChI=1S/C6H9N2/c1-2-8-5-3-4-7-6-8/h3-4,6H,1-2,5H2. The van der Waals surface area contributed by atoms with Gasteiger partial charge in [-0.05, 0) is 13.0 Å². The molecule has 0 saturated carbocycles. The van der Waals surface area contributed by atoms with Crippen molar-refractivity contribution in [3.63, 3.8) is 0 Å². The van der Waals surface area contributed by atoms with Crippen molar-refractivity contribution < 1.29 is 0 Å². The van der Waals surface area contributed by atoms with Crippen molar-refractivity contribution >= 4 is 6.34 Å². The van der Waals surface area contributed by atoms with Gasteiger partial charge in [0.15, 0.2) is 0 Å². The molecule has 0 atom stereocenters. The quantitative estimate of drug-likeness (QED) is 0.483. The van der Waals surface area contributed by atoms with Crippen LogP contribution in [0.1, 0.15) is 0 Å². The van der Waals surface area contributed by atoms with Crippen molar-refractivity contribution in [2.45, 2.75) is 0 Å². The molecule has 0 N–H and O–H groups in total. The van der Waals surface area contributed by atoms with Crippen molar-refractivity contribution in [1.29, 1.82) is 0 Å². The van der Waals surface area contributed by atoms with Gasteiger partial charge in [0.05, 0.1) is 6.34 Å². The Morgan fingerprint density at radius 2 is 2.62 bits per heavy atom. The summed E-state index contributed by atoms with van der Waals surface area (Å²) in [4.78, 5) is 5.94. The fraction of sp³-hybridized carbons (Fsp3) is 0.333. The zero-order valence-corrected chi connectivity index (χ0v) is 4.75. The molecule has 0 aromatic carbocycles. The first kappa shape index (κ1) is 5.35. The molecule has 8 heavy (non-hydrogen) atoms. The molecule has 0 saturated heterocycles. The van der Waals surface area contributed by atoms with E-state index in [1.165, 1.54) is 0 Å². The minimum atomic E-state index is 0.799. The highest BCUT2D eigenvalue weighted by atomic mass is 15.1. The zero-order valence-electron chi connectivity index (χ0n) is 4.75. The minimum absolute atomic E-state index is 0.799. The van der Waals surface area contributed by atoms with E-state index in [1.807, 2.05) is 11.0 Å². The lowest BCUT2D eigenvalue weighted by atomic mass is 10.5. The topological polar surface area (TPSA) is 15.6 Å². The van der Waals surface area contributed by atoms with Crippen LogP contribution < -0.4 is 0 Å². The van der Waals surface area contributed by atoms with E-state index >= 15 is 0 Å². The summed E-state index contributed by atoms with van der Waals surface area (Å²) in [6.45, 7) is 5.46. The predicted molar refractivity (Wildman–Crippen MR) is 34.6 cm³/mol. The van der Waals surface area contributed by atoms with Gasteiger partial charge in [0.1, 0.15) is 0 Å². The molecule has 1 aliphatic rings. The summed E-state index contributed by atoms with van der Waals surface area (Å²) >= 11 is 0. The number of nitrogens with zero attached hydrogens (tertiary/aromatic N) is 2. The summed E-state index contributed by atoms with van der Waals surface area (Å²) in [5, 5.41) is 0. The molecule has 0 aromatic heterocycles. The molecule has 2 nitrogen and oxygen atoms in total. The molecule has 0 spiro atoms. The lowest BCUT2D eigenvalue weighted by Gasteiger charge is -2.15. The average Bonchev–Trinajstić information content (AvgIpc) is 1.90. The second kappa shape index (κ2) is 2.50. The molecular weight excluding hydrogens is 100 g/mol. The summed E-state index contributed by atoms with van der Waals surface area (Å²) in [5.41, 5.74) is 0. The SMILES string of the molecule is [CH2]CN1C=NC=CC1. The maximum Gasteiger partial charge on any atom is 0.0907 e. The Hall–Kier alpha value is -0.790.